The van der Waals surface area contributed by atoms with Crippen LogP contribution in [0.25, 0.3) is 0 Å². The zero-order valence-corrected chi connectivity index (χ0v) is 14.4. The summed E-state index contributed by atoms with van der Waals surface area (Å²) in [5.41, 5.74) is 0. The molecule has 2 fully saturated rings. The Labute approximate surface area is 131 Å². The Bertz CT molecular complexity index is 338. The van der Waals surface area contributed by atoms with Gasteiger partial charge in [0.05, 0.1) is 12.0 Å². The second-order valence-electron chi connectivity index (χ2n) is 7.80. The zero-order valence-electron chi connectivity index (χ0n) is 14.4. The molecule has 2 nitrogen and oxygen atoms in total. The van der Waals surface area contributed by atoms with Gasteiger partial charge in [-0.3, -0.25) is 4.90 Å². The number of hydrogen-bond acceptors (Lipinski definition) is 2. The van der Waals surface area contributed by atoms with Crippen LogP contribution in [0.3, 0.4) is 0 Å². The summed E-state index contributed by atoms with van der Waals surface area (Å²) in [6, 6.07) is 3.94. The van der Waals surface area contributed by atoms with Gasteiger partial charge in [-0.1, -0.05) is 46.5 Å². The first kappa shape index (κ1) is 16.8. The van der Waals surface area contributed by atoms with Gasteiger partial charge >= 0.3 is 0 Å². The lowest BCUT2D eigenvalue weighted by atomic mass is 9.76. The SMILES string of the molecule is CCCC1CCC(C#N)C(N(CC(C)C)C2CCCC2)C1. The third-order valence-corrected chi connectivity index (χ3v) is 5.58. The van der Waals surface area contributed by atoms with Crippen molar-refractivity contribution in [2.75, 3.05) is 6.54 Å². The number of rotatable bonds is 6. The monoisotopic (exact) mass is 290 g/mol. The van der Waals surface area contributed by atoms with Crippen molar-refractivity contribution in [2.45, 2.75) is 90.6 Å². The molecule has 0 bridgehead atoms. The van der Waals surface area contributed by atoms with Gasteiger partial charge in [0.2, 0.25) is 0 Å². The van der Waals surface area contributed by atoms with Crippen molar-refractivity contribution in [1.29, 1.82) is 5.26 Å². The summed E-state index contributed by atoms with van der Waals surface area (Å²) in [6.07, 6.45) is 11.8. The highest BCUT2D eigenvalue weighted by molar-refractivity contribution is 4.99. The van der Waals surface area contributed by atoms with E-state index in [2.05, 4.69) is 31.7 Å². The molecule has 120 valence electrons. The Morgan fingerprint density at radius 1 is 1.14 bits per heavy atom. The molecule has 0 aromatic heterocycles. The van der Waals surface area contributed by atoms with Crippen LogP contribution < -0.4 is 0 Å². The standard InChI is InChI=1S/C19H34N2/c1-4-7-16-10-11-17(13-20)19(12-16)21(14-15(2)3)18-8-5-6-9-18/h15-19H,4-12,14H2,1-3H3. The molecule has 0 aromatic carbocycles. The molecular formula is C19H34N2. The lowest BCUT2D eigenvalue weighted by molar-refractivity contribution is 0.0514. The maximum atomic E-state index is 9.63. The van der Waals surface area contributed by atoms with Crippen molar-refractivity contribution in [2.24, 2.45) is 17.8 Å². The first-order valence-corrected chi connectivity index (χ1v) is 9.31. The van der Waals surface area contributed by atoms with Gasteiger partial charge in [0.1, 0.15) is 0 Å². The average molecular weight is 290 g/mol. The summed E-state index contributed by atoms with van der Waals surface area (Å²) >= 11 is 0. The Morgan fingerprint density at radius 3 is 2.43 bits per heavy atom. The number of nitrogens with zero attached hydrogens (tertiary/aromatic N) is 2. The maximum Gasteiger partial charge on any atom is 0.0672 e. The predicted molar refractivity (Wildman–Crippen MR) is 88.9 cm³/mol. The highest BCUT2D eigenvalue weighted by Crippen LogP contribution is 2.38. The topological polar surface area (TPSA) is 27.0 Å². The van der Waals surface area contributed by atoms with E-state index in [1.807, 2.05) is 0 Å². The minimum atomic E-state index is 0.275. The Kier molecular flexibility index (Phi) is 6.55. The molecule has 2 aliphatic carbocycles. The molecule has 2 heteroatoms. The molecule has 3 atom stereocenters. The Morgan fingerprint density at radius 2 is 1.86 bits per heavy atom. The minimum Gasteiger partial charge on any atom is -0.296 e. The van der Waals surface area contributed by atoms with Crippen molar-refractivity contribution in [3.63, 3.8) is 0 Å². The van der Waals surface area contributed by atoms with E-state index in [0.717, 1.165) is 18.4 Å². The van der Waals surface area contributed by atoms with Crippen LogP contribution in [0.1, 0.15) is 78.6 Å². The van der Waals surface area contributed by atoms with E-state index in [0.29, 0.717) is 12.0 Å². The van der Waals surface area contributed by atoms with Gasteiger partial charge in [-0.05, 0) is 43.9 Å². The Hall–Kier alpha value is -0.550. The van der Waals surface area contributed by atoms with Gasteiger partial charge in [-0.25, -0.2) is 0 Å². The summed E-state index contributed by atoms with van der Waals surface area (Å²) < 4.78 is 0. The van der Waals surface area contributed by atoms with E-state index >= 15 is 0 Å². The second-order valence-corrected chi connectivity index (χ2v) is 7.80. The highest BCUT2D eigenvalue weighted by atomic mass is 15.2. The lowest BCUT2D eigenvalue weighted by Crippen LogP contribution is -2.49. The maximum absolute atomic E-state index is 9.63. The molecule has 0 spiro atoms. The van der Waals surface area contributed by atoms with Gasteiger partial charge in [0, 0.05) is 18.6 Å². The highest BCUT2D eigenvalue weighted by Gasteiger charge is 2.37. The van der Waals surface area contributed by atoms with Crippen molar-refractivity contribution < 1.29 is 0 Å². The molecule has 0 heterocycles. The molecule has 0 N–H and O–H groups in total. The molecular weight excluding hydrogens is 256 g/mol. The molecule has 0 amide bonds. The second kappa shape index (κ2) is 8.18. The fraction of sp³-hybridized carbons (Fsp3) is 0.947. The smallest absolute Gasteiger partial charge is 0.0672 e. The minimum absolute atomic E-state index is 0.275. The van der Waals surface area contributed by atoms with Crippen molar-refractivity contribution in [1.82, 2.24) is 4.90 Å². The molecule has 0 saturated heterocycles. The van der Waals surface area contributed by atoms with Crippen LogP contribution in [-0.2, 0) is 0 Å². The van der Waals surface area contributed by atoms with Crippen LogP contribution >= 0.6 is 0 Å². The van der Waals surface area contributed by atoms with Crippen molar-refractivity contribution in [3.8, 4) is 6.07 Å². The molecule has 0 radical (unpaired) electrons. The molecule has 0 aromatic rings. The molecule has 2 rings (SSSR count). The molecule has 0 aliphatic heterocycles. The quantitative estimate of drug-likeness (QED) is 0.688. The molecule has 21 heavy (non-hydrogen) atoms. The molecule has 2 saturated carbocycles. The fourth-order valence-corrected chi connectivity index (χ4v) is 4.63. The first-order valence-electron chi connectivity index (χ1n) is 9.31. The van der Waals surface area contributed by atoms with Crippen molar-refractivity contribution >= 4 is 0 Å². The zero-order chi connectivity index (χ0) is 15.2. The van der Waals surface area contributed by atoms with Gasteiger partial charge in [-0.2, -0.15) is 5.26 Å². The fourth-order valence-electron chi connectivity index (χ4n) is 4.63. The Balaban J connectivity index is 2.11. The summed E-state index contributed by atoms with van der Waals surface area (Å²) in [5.74, 6) is 1.84. The van der Waals surface area contributed by atoms with E-state index < -0.39 is 0 Å². The van der Waals surface area contributed by atoms with E-state index in [1.54, 1.807) is 0 Å². The molecule has 2 aliphatic rings. The molecule has 3 unspecified atom stereocenters. The van der Waals surface area contributed by atoms with Crippen LogP contribution in [0.4, 0.5) is 0 Å². The van der Waals surface area contributed by atoms with Crippen LogP contribution in [0, 0.1) is 29.1 Å². The predicted octanol–water partition coefficient (Wildman–Crippen LogP) is 5.00. The number of nitriles is 1. The van der Waals surface area contributed by atoms with Gasteiger partial charge in [0.15, 0.2) is 0 Å². The van der Waals surface area contributed by atoms with Crippen LogP contribution in [0.15, 0.2) is 0 Å². The lowest BCUT2D eigenvalue weighted by Gasteiger charge is -2.44. The third-order valence-electron chi connectivity index (χ3n) is 5.58. The summed E-state index contributed by atoms with van der Waals surface area (Å²) in [4.78, 5) is 2.77. The van der Waals surface area contributed by atoms with Crippen LogP contribution in [0.2, 0.25) is 0 Å². The van der Waals surface area contributed by atoms with Gasteiger partial charge in [0.25, 0.3) is 0 Å². The first-order chi connectivity index (χ1) is 10.2. The van der Waals surface area contributed by atoms with E-state index in [9.17, 15) is 5.26 Å². The van der Waals surface area contributed by atoms with Gasteiger partial charge in [-0.15, -0.1) is 0 Å². The van der Waals surface area contributed by atoms with Crippen LogP contribution in [-0.4, -0.2) is 23.5 Å². The third kappa shape index (κ3) is 4.46. The normalized spacial score (nSPS) is 31.0. The average Bonchev–Trinajstić information content (AvgIpc) is 2.99. The summed E-state index contributed by atoms with van der Waals surface area (Å²) in [7, 11) is 0. The largest absolute Gasteiger partial charge is 0.296 e. The van der Waals surface area contributed by atoms with Crippen molar-refractivity contribution in [3.05, 3.63) is 0 Å². The number of hydrogen-bond donors (Lipinski definition) is 0. The van der Waals surface area contributed by atoms with Crippen LogP contribution in [0.5, 0.6) is 0 Å². The van der Waals surface area contributed by atoms with Gasteiger partial charge < -0.3 is 0 Å². The summed E-state index contributed by atoms with van der Waals surface area (Å²) in [6.45, 7) is 8.14. The van der Waals surface area contributed by atoms with E-state index in [4.69, 9.17) is 0 Å². The van der Waals surface area contributed by atoms with E-state index in [1.165, 1.54) is 57.9 Å². The summed E-state index contributed by atoms with van der Waals surface area (Å²) in [5, 5.41) is 9.63. The van der Waals surface area contributed by atoms with E-state index in [-0.39, 0.29) is 5.92 Å².